The minimum Gasteiger partial charge on any atom is -0.274 e. The maximum atomic E-state index is 4.50. The van der Waals surface area contributed by atoms with E-state index >= 15 is 0 Å². The fourth-order valence-corrected chi connectivity index (χ4v) is 3.77. The van der Waals surface area contributed by atoms with Crippen molar-refractivity contribution in [3.63, 3.8) is 0 Å². The number of benzene rings is 2. The summed E-state index contributed by atoms with van der Waals surface area (Å²) in [6.45, 7) is 4.25. The Morgan fingerprint density at radius 1 is 1.00 bits per heavy atom. The molecule has 1 aliphatic carbocycles. The summed E-state index contributed by atoms with van der Waals surface area (Å²) in [7, 11) is 0. The predicted octanol–water partition coefficient (Wildman–Crippen LogP) is 5.05. The van der Waals surface area contributed by atoms with Gasteiger partial charge in [0.05, 0.1) is 0 Å². The third-order valence-electron chi connectivity index (χ3n) is 4.34. The molecular weight excluding hydrogens is 314 g/mol. The van der Waals surface area contributed by atoms with E-state index in [2.05, 4.69) is 77.1 Å². The van der Waals surface area contributed by atoms with Crippen molar-refractivity contribution in [2.45, 2.75) is 43.5 Å². The van der Waals surface area contributed by atoms with Crippen molar-refractivity contribution < 1.29 is 0 Å². The average molecular weight is 335 g/mol. The zero-order valence-electron chi connectivity index (χ0n) is 14.1. The van der Waals surface area contributed by atoms with Crippen LogP contribution in [0.2, 0.25) is 0 Å². The molecule has 4 heteroatoms. The monoisotopic (exact) mass is 335 g/mol. The molecule has 0 unspecified atom stereocenters. The van der Waals surface area contributed by atoms with E-state index < -0.39 is 0 Å². The van der Waals surface area contributed by atoms with Crippen molar-refractivity contribution in [2.75, 3.05) is 0 Å². The second-order valence-corrected chi connectivity index (χ2v) is 7.51. The Kier molecular flexibility index (Phi) is 4.15. The minimum atomic E-state index is 0.576. The van der Waals surface area contributed by atoms with Gasteiger partial charge in [0.2, 0.25) is 0 Å². The Hall–Kier alpha value is -2.07. The van der Waals surface area contributed by atoms with E-state index in [1.807, 2.05) is 0 Å². The molecule has 1 fully saturated rings. The summed E-state index contributed by atoms with van der Waals surface area (Å²) in [5, 5.41) is 9.98. The fraction of sp³-hybridized carbons (Fsp3) is 0.300. The molecule has 1 aliphatic rings. The number of hydrogen-bond acceptors (Lipinski definition) is 3. The molecule has 1 saturated carbocycles. The number of thioether (sulfide) groups is 1. The van der Waals surface area contributed by atoms with Gasteiger partial charge in [0.15, 0.2) is 5.16 Å². The molecule has 0 saturated heterocycles. The molecule has 0 atom stereocenters. The molecule has 122 valence electrons. The first-order chi connectivity index (χ1) is 11.7. The van der Waals surface area contributed by atoms with Gasteiger partial charge in [-0.1, -0.05) is 59.3 Å². The molecule has 0 bridgehead atoms. The van der Waals surface area contributed by atoms with Crippen molar-refractivity contribution in [3.05, 3.63) is 71.0 Å². The SMILES string of the molecule is Cc1ccc(-n2c(SCc3cccc(C)c3)nnc2C2CC2)cc1. The van der Waals surface area contributed by atoms with Crippen LogP contribution in [0, 0.1) is 13.8 Å². The Labute approximate surface area is 147 Å². The predicted molar refractivity (Wildman–Crippen MR) is 98.8 cm³/mol. The van der Waals surface area contributed by atoms with E-state index in [-0.39, 0.29) is 0 Å². The molecule has 2 aromatic carbocycles. The topological polar surface area (TPSA) is 30.7 Å². The smallest absolute Gasteiger partial charge is 0.196 e. The van der Waals surface area contributed by atoms with Crippen LogP contribution in [0.15, 0.2) is 53.7 Å². The van der Waals surface area contributed by atoms with Gasteiger partial charge in [0.25, 0.3) is 0 Å². The van der Waals surface area contributed by atoms with Gasteiger partial charge in [0.1, 0.15) is 5.82 Å². The molecule has 4 rings (SSSR count). The first-order valence-electron chi connectivity index (χ1n) is 8.41. The molecule has 1 aromatic heterocycles. The van der Waals surface area contributed by atoms with E-state index in [1.165, 1.54) is 35.2 Å². The summed E-state index contributed by atoms with van der Waals surface area (Å²) in [5.74, 6) is 2.61. The largest absolute Gasteiger partial charge is 0.274 e. The quantitative estimate of drug-likeness (QED) is 0.611. The van der Waals surface area contributed by atoms with Gasteiger partial charge in [-0.2, -0.15) is 0 Å². The highest BCUT2D eigenvalue weighted by molar-refractivity contribution is 7.98. The molecule has 0 N–H and O–H groups in total. The molecule has 24 heavy (non-hydrogen) atoms. The van der Waals surface area contributed by atoms with Gasteiger partial charge in [0, 0.05) is 17.4 Å². The van der Waals surface area contributed by atoms with Gasteiger partial charge in [-0.05, 0) is 44.4 Å². The van der Waals surface area contributed by atoms with Gasteiger partial charge in [-0.3, -0.25) is 4.57 Å². The number of rotatable bonds is 5. The van der Waals surface area contributed by atoms with Gasteiger partial charge >= 0.3 is 0 Å². The molecule has 1 heterocycles. The van der Waals surface area contributed by atoms with E-state index in [9.17, 15) is 0 Å². The van der Waals surface area contributed by atoms with E-state index in [0.717, 1.165) is 16.7 Å². The maximum absolute atomic E-state index is 4.50. The van der Waals surface area contributed by atoms with Crippen molar-refractivity contribution in [3.8, 4) is 5.69 Å². The van der Waals surface area contributed by atoms with Crippen LogP contribution in [-0.4, -0.2) is 14.8 Å². The molecule has 3 aromatic rings. The number of hydrogen-bond donors (Lipinski definition) is 0. The number of aryl methyl sites for hydroxylation is 2. The summed E-state index contributed by atoms with van der Waals surface area (Å²) in [4.78, 5) is 0. The van der Waals surface area contributed by atoms with Crippen LogP contribution in [0.3, 0.4) is 0 Å². The lowest BCUT2D eigenvalue weighted by atomic mass is 10.2. The van der Waals surface area contributed by atoms with Crippen molar-refractivity contribution >= 4 is 11.8 Å². The van der Waals surface area contributed by atoms with Crippen LogP contribution in [0.4, 0.5) is 0 Å². The zero-order chi connectivity index (χ0) is 16.5. The van der Waals surface area contributed by atoms with Gasteiger partial charge in [-0.25, -0.2) is 0 Å². The molecular formula is C20H21N3S. The maximum Gasteiger partial charge on any atom is 0.196 e. The Bertz CT molecular complexity index is 848. The van der Waals surface area contributed by atoms with Gasteiger partial charge < -0.3 is 0 Å². The first kappa shape index (κ1) is 15.5. The Morgan fingerprint density at radius 2 is 1.79 bits per heavy atom. The lowest BCUT2D eigenvalue weighted by Crippen LogP contribution is -2.02. The molecule has 0 aliphatic heterocycles. The van der Waals surface area contributed by atoms with Crippen LogP contribution in [-0.2, 0) is 5.75 Å². The van der Waals surface area contributed by atoms with Crippen LogP contribution in [0.25, 0.3) is 5.69 Å². The number of aromatic nitrogens is 3. The fourth-order valence-electron chi connectivity index (χ4n) is 2.87. The van der Waals surface area contributed by atoms with Crippen LogP contribution >= 0.6 is 11.8 Å². The molecule has 0 amide bonds. The summed E-state index contributed by atoms with van der Waals surface area (Å²) < 4.78 is 2.25. The first-order valence-corrected chi connectivity index (χ1v) is 9.40. The molecule has 0 spiro atoms. The zero-order valence-corrected chi connectivity index (χ0v) is 14.9. The summed E-state index contributed by atoms with van der Waals surface area (Å²) >= 11 is 1.76. The van der Waals surface area contributed by atoms with Crippen molar-refractivity contribution in [1.82, 2.24) is 14.8 Å². The highest BCUT2D eigenvalue weighted by Crippen LogP contribution is 2.41. The lowest BCUT2D eigenvalue weighted by molar-refractivity contribution is 0.829. The van der Waals surface area contributed by atoms with Crippen molar-refractivity contribution in [1.29, 1.82) is 0 Å². The number of nitrogens with zero attached hydrogens (tertiary/aromatic N) is 3. The third kappa shape index (κ3) is 3.24. The van der Waals surface area contributed by atoms with Crippen LogP contribution < -0.4 is 0 Å². The second-order valence-electron chi connectivity index (χ2n) is 6.56. The third-order valence-corrected chi connectivity index (χ3v) is 5.34. The molecule has 3 nitrogen and oxygen atoms in total. The van der Waals surface area contributed by atoms with Gasteiger partial charge in [-0.15, -0.1) is 10.2 Å². The summed E-state index contributed by atoms with van der Waals surface area (Å²) in [6.07, 6.45) is 2.46. The second kappa shape index (κ2) is 6.44. The standard InChI is InChI=1S/C20H21N3S/c1-14-6-10-18(11-7-14)23-19(17-8-9-17)21-22-20(23)24-13-16-5-3-4-15(2)12-16/h3-7,10-12,17H,8-9,13H2,1-2H3. The van der Waals surface area contributed by atoms with Crippen molar-refractivity contribution in [2.24, 2.45) is 0 Å². The van der Waals surface area contributed by atoms with E-state index in [1.54, 1.807) is 11.8 Å². The highest BCUT2D eigenvalue weighted by Gasteiger charge is 2.31. The Morgan fingerprint density at radius 3 is 2.50 bits per heavy atom. The van der Waals surface area contributed by atoms with E-state index in [4.69, 9.17) is 0 Å². The minimum absolute atomic E-state index is 0.576. The van der Waals surface area contributed by atoms with E-state index in [0.29, 0.717) is 5.92 Å². The average Bonchev–Trinajstić information content (AvgIpc) is 3.34. The van der Waals surface area contributed by atoms with Crippen LogP contribution in [0.1, 0.15) is 41.3 Å². The molecule has 0 radical (unpaired) electrons. The lowest BCUT2D eigenvalue weighted by Gasteiger charge is -2.10. The Balaban J connectivity index is 1.64. The highest BCUT2D eigenvalue weighted by atomic mass is 32.2. The normalized spacial score (nSPS) is 14.1. The summed E-state index contributed by atoms with van der Waals surface area (Å²) in [5.41, 5.74) is 5.06. The summed E-state index contributed by atoms with van der Waals surface area (Å²) in [6, 6.07) is 17.3. The van der Waals surface area contributed by atoms with Crippen LogP contribution in [0.5, 0.6) is 0 Å².